The van der Waals surface area contributed by atoms with E-state index < -0.39 is 0 Å². The van der Waals surface area contributed by atoms with Crippen LogP contribution in [0.3, 0.4) is 0 Å². The Bertz CT molecular complexity index is 857. The summed E-state index contributed by atoms with van der Waals surface area (Å²) in [7, 11) is 0. The van der Waals surface area contributed by atoms with Gasteiger partial charge >= 0.3 is 0 Å². The number of fused-ring (bicyclic) bond motifs is 1. The highest BCUT2D eigenvalue weighted by Gasteiger charge is 2.22. The van der Waals surface area contributed by atoms with Crippen LogP contribution in [0.2, 0.25) is 5.02 Å². The molecule has 0 N–H and O–H groups in total. The van der Waals surface area contributed by atoms with Crippen molar-refractivity contribution in [2.75, 3.05) is 37.6 Å². The molecule has 124 valence electrons. The number of rotatable bonds is 3. The zero-order chi connectivity index (χ0) is 16.5. The van der Waals surface area contributed by atoms with Crippen molar-refractivity contribution in [2.24, 2.45) is 0 Å². The average Bonchev–Trinajstić information content (AvgIpc) is 3.06. The highest BCUT2D eigenvalue weighted by atomic mass is 35.5. The Morgan fingerprint density at radius 3 is 2.67 bits per heavy atom. The maximum atomic E-state index is 6.25. The van der Waals surface area contributed by atoms with Gasteiger partial charge in [-0.05, 0) is 18.7 Å². The molecule has 0 atom stereocenters. The highest BCUT2D eigenvalue weighted by Crippen LogP contribution is 2.31. The first-order valence-electron chi connectivity index (χ1n) is 8.10. The Morgan fingerprint density at radius 2 is 1.92 bits per heavy atom. The largest absolute Gasteiger partial charge is 0.417 e. The minimum absolute atomic E-state index is 0.476. The van der Waals surface area contributed by atoms with Crippen LogP contribution < -0.4 is 4.90 Å². The van der Waals surface area contributed by atoms with Crippen molar-refractivity contribution in [1.29, 1.82) is 0 Å². The third-order valence-electron chi connectivity index (χ3n) is 4.40. The molecule has 0 saturated carbocycles. The van der Waals surface area contributed by atoms with E-state index in [-0.39, 0.29) is 0 Å². The molecule has 1 aliphatic heterocycles. The molecule has 0 spiro atoms. The van der Waals surface area contributed by atoms with Gasteiger partial charge in [0.15, 0.2) is 11.3 Å². The van der Waals surface area contributed by atoms with E-state index in [4.69, 9.17) is 16.0 Å². The van der Waals surface area contributed by atoms with Crippen LogP contribution in [0.25, 0.3) is 22.7 Å². The van der Waals surface area contributed by atoms with E-state index in [9.17, 15) is 0 Å². The molecule has 7 heteroatoms. The van der Waals surface area contributed by atoms with Crippen molar-refractivity contribution >= 4 is 28.6 Å². The van der Waals surface area contributed by atoms with Crippen molar-refractivity contribution in [1.82, 2.24) is 19.9 Å². The third kappa shape index (κ3) is 2.72. The Morgan fingerprint density at radius 1 is 1.12 bits per heavy atom. The summed E-state index contributed by atoms with van der Waals surface area (Å²) >= 11 is 6.25. The number of benzene rings is 1. The number of hydrogen-bond acceptors (Lipinski definition) is 6. The van der Waals surface area contributed by atoms with Crippen LogP contribution in [0.5, 0.6) is 0 Å². The molecular formula is C17H18ClN5O. The van der Waals surface area contributed by atoms with Gasteiger partial charge in [-0.1, -0.05) is 30.7 Å². The lowest BCUT2D eigenvalue weighted by Crippen LogP contribution is -2.46. The maximum absolute atomic E-state index is 6.25. The lowest BCUT2D eigenvalue weighted by Gasteiger charge is -2.34. The standard InChI is InChI=1S/C17H18ClN5O/c1-2-22-7-9-23(10-8-22)15-14-17(20-11-19-15)24-16(21-14)12-5-3-4-6-13(12)18/h3-6,11H,2,7-10H2,1H3. The zero-order valence-electron chi connectivity index (χ0n) is 13.4. The Kier molecular flexibility index (Phi) is 4.08. The third-order valence-corrected chi connectivity index (χ3v) is 4.73. The second kappa shape index (κ2) is 6.37. The normalized spacial score (nSPS) is 16.0. The van der Waals surface area contributed by atoms with E-state index in [1.165, 1.54) is 6.33 Å². The number of piperazine rings is 1. The number of halogens is 1. The fourth-order valence-electron chi connectivity index (χ4n) is 3.00. The summed E-state index contributed by atoms with van der Waals surface area (Å²) in [6, 6.07) is 7.50. The predicted molar refractivity (Wildman–Crippen MR) is 94.4 cm³/mol. The summed E-state index contributed by atoms with van der Waals surface area (Å²) in [6.45, 7) is 7.16. The van der Waals surface area contributed by atoms with Crippen LogP contribution in [0.1, 0.15) is 6.92 Å². The first-order valence-corrected chi connectivity index (χ1v) is 8.48. The molecule has 2 aromatic heterocycles. The van der Waals surface area contributed by atoms with Crippen molar-refractivity contribution in [2.45, 2.75) is 6.92 Å². The molecule has 1 aliphatic rings. The molecule has 0 unspecified atom stereocenters. The van der Waals surface area contributed by atoms with E-state index in [0.29, 0.717) is 22.1 Å². The number of aromatic nitrogens is 3. The quantitative estimate of drug-likeness (QED) is 0.728. The van der Waals surface area contributed by atoms with Gasteiger partial charge in [0.25, 0.3) is 5.71 Å². The van der Waals surface area contributed by atoms with Gasteiger partial charge in [-0.25, -0.2) is 9.97 Å². The van der Waals surface area contributed by atoms with Crippen LogP contribution in [0, 0.1) is 0 Å². The summed E-state index contributed by atoms with van der Waals surface area (Å²) < 4.78 is 5.82. The minimum atomic E-state index is 0.476. The van der Waals surface area contributed by atoms with Crippen LogP contribution in [0.4, 0.5) is 5.82 Å². The van der Waals surface area contributed by atoms with Crippen molar-refractivity contribution in [3.63, 3.8) is 0 Å². The van der Waals surface area contributed by atoms with E-state index >= 15 is 0 Å². The Balaban J connectivity index is 1.72. The summed E-state index contributed by atoms with van der Waals surface area (Å²) in [6.07, 6.45) is 1.53. The van der Waals surface area contributed by atoms with E-state index in [0.717, 1.165) is 44.1 Å². The number of likely N-dealkylation sites (N-methyl/N-ethyl adjacent to an activating group) is 1. The SMILES string of the molecule is CCN1CCN(c2ncnc3oc(-c4ccccc4Cl)nc23)CC1. The summed E-state index contributed by atoms with van der Waals surface area (Å²) in [5.74, 6) is 1.31. The monoisotopic (exact) mass is 343 g/mol. The van der Waals surface area contributed by atoms with Crippen LogP contribution in [-0.2, 0) is 0 Å². The molecule has 1 saturated heterocycles. The van der Waals surface area contributed by atoms with Crippen molar-refractivity contribution in [3.8, 4) is 11.5 Å². The summed E-state index contributed by atoms with van der Waals surface area (Å²) in [5, 5.41) is 0.607. The summed E-state index contributed by atoms with van der Waals surface area (Å²) in [4.78, 5) is 18.0. The van der Waals surface area contributed by atoms with Gasteiger partial charge in [0, 0.05) is 26.2 Å². The van der Waals surface area contributed by atoms with Gasteiger partial charge in [0.05, 0.1) is 10.6 Å². The van der Waals surface area contributed by atoms with Gasteiger partial charge < -0.3 is 14.2 Å². The molecule has 0 bridgehead atoms. The lowest BCUT2D eigenvalue weighted by molar-refractivity contribution is 0.270. The van der Waals surface area contributed by atoms with Crippen LogP contribution >= 0.6 is 11.6 Å². The van der Waals surface area contributed by atoms with E-state index in [2.05, 4.69) is 31.7 Å². The van der Waals surface area contributed by atoms with E-state index in [1.54, 1.807) is 0 Å². The van der Waals surface area contributed by atoms with Crippen LogP contribution in [0.15, 0.2) is 35.0 Å². The molecule has 6 nitrogen and oxygen atoms in total. The first-order chi connectivity index (χ1) is 11.8. The van der Waals surface area contributed by atoms with Crippen LogP contribution in [-0.4, -0.2) is 52.6 Å². The van der Waals surface area contributed by atoms with Gasteiger partial charge in [-0.15, -0.1) is 0 Å². The fraction of sp³-hybridized carbons (Fsp3) is 0.353. The fourth-order valence-corrected chi connectivity index (χ4v) is 3.22. The highest BCUT2D eigenvalue weighted by molar-refractivity contribution is 6.33. The molecule has 3 heterocycles. The van der Waals surface area contributed by atoms with Crippen molar-refractivity contribution < 1.29 is 4.42 Å². The minimum Gasteiger partial charge on any atom is -0.417 e. The molecular weight excluding hydrogens is 326 g/mol. The van der Waals surface area contributed by atoms with Gasteiger partial charge in [0.2, 0.25) is 5.89 Å². The molecule has 3 aromatic rings. The smallest absolute Gasteiger partial charge is 0.252 e. The topological polar surface area (TPSA) is 58.3 Å². The summed E-state index contributed by atoms with van der Waals surface area (Å²) in [5.41, 5.74) is 1.95. The number of oxazole rings is 1. The Hall–Kier alpha value is -2.18. The molecule has 0 aliphatic carbocycles. The van der Waals surface area contributed by atoms with Gasteiger partial charge in [-0.3, -0.25) is 0 Å². The molecule has 24 heavy (non-hydrogen) atoms. The molecule has 0 amide bonds. The molecule has 1 fully saturated rings. The lowest BCUT2D eigenvalue weighted by atomic mass is 10.2. The second-order valence-corrected chi connectivity index (χ2v) is 6.18. The molecule has 0 radical (unpaired) electrons. The van der Waals surface area contributed by atoms with Gasteiger partial charge in [-0.2, -0.15) is 4.98 Å². The average molecular weight is 344 g/mol. The number of nitrogens with zero attached hydrogens (tertiary/aromatic N) is 5. The molecule has 4 rings (SSSR count). The van der Waals surface area contributed by atoms with Crippen molar-refractivity contribution in [3.05, 3.63) is 35.6 Å². The number of anilines is 1. The van der Waals surface area contributed by atoms with E-state index in [1.807, 2.05) is 24.3 Å². The zero-order valence-corrected chi connectivity index (χ0v) is 14.2. The second-order valence-electron chi connectivity index (χ2n) is 5.77. The Labute approximate surface area is 145 Å². The predicted octanol–water partition coefficient (Wildman–Crippen LogP) is 3.08. The number of hydrogen-bond donors (Lipinski definition) is 0. The maximum Gasteiger partial charge on any atom is 0.252 e. The molecule has 1 aromatic carbocycles. The first kappa shape index (κ1) is 15.4. The van der Waals surface area contributed by atoms with Gasteiger partial charge in [0.1, 0.15) is 6.33 Å².